The molecule has 0 amide bonds. The largest absolute Gasteiger partial charge is 0.460 e. The summed E-state index contributed by atoms with van der Waals surface area (Å²) in [7, 11) is 0. The van der Waals surface area contributed by atoms with E-state index in [0.717, 1.165) is 6.42 Å². The van der Waals surface area contributed by atoms with Crippen molar-refractivity contribution in [3.8, 4) is 0 Å². The third-order valence-electron chi connectivity index (χ3n) is 4.46. The van der Waals surface area contributed by atoms with Gasteiger partial charge in [0.05, 0.1) is 5.92 Å². The van der Waals surface area contributed by atoms with Crippen LogP contribution in [0.15, 0.2) is 11.1 Å². The Morgan fingerprint density at radius 1 is 1.35 bits per heavy atom. The maximum absolute atomic E-state index is 12.1. The van der Waals surface area contributed by atoms with Gasteiger partial charge in [-0.2, -0.15) is 0 Å². The Kier molecular flexibility index (Phi) is 2.68. The van der Waals surface area contributed by atoms with E-state index in [4.69, 9.17) is 4.74 Å². The maximum Gasteiger partial charge on any atom is 0.313 e. The molecular formula is C15H24O2. The lowest BCUT2D eigenvalue weighted by Crippen LogP contribution is -2.46. The van der Waals surface area contributed by atoms with E-state index in [1.54, 1.807) is 0 Å². The number of ether oxygens (including phenoxy) is 1. The summed E-state index contributed by atoms with van der Waals surface area (Å²) in [6, 6.07) is 0. The van der Waals surface area contributed by atoms with Crippen molar-refractivity contribution in [3.63, 3.8) is 0 Å². The average molecular weight is 236 g/mol. The first kappa shape index (κ1) is 12.7. The van der Waals surface area contributed by atoms with E-state index in [1.165, 1.54) is 17.6 Å². The SMILES string of the molecule is CC1=C2CC(CC1C(=O)OC(C)(C)C)C2(C)C. The standard InChI is InChI=1S/C15H24O2/c1-9-11(13(16)17-14(2,3)4)7-10-8-12(9)15(10,5)6/h10-11H,7-8H2,1-6H3. The predicted molar refractivity (Wildman–Crippen MR) is 68.5 cm³/mol. The molecule has 0 aliphatic heterocycles. The Hall–Kier alpha value is -0.790. The highest BCUT2D eigenvalue weighted by Crippen LogP contribution is 2.60. The minimum absolute atomic E-state index is 0.0102. The maximum atomic E-state index is 12.1. The molecule has 2 atom stereocenters. The molecule has 0 aromatic carbocycles. The van der Waals surface area contributed by atoms with Gasteiger partial charge >= 0.3 is 5.97 Å². The summed E-state index contributed by atoms with van der Waals surface area (Å²) < 4.78 is 5.51. The monoisotopic (exact) mass is 236 g/mol. The lowest BCUT2D eigenvalue weighted by Gasteiger charge is -2.54. The summed E-state index contributed by atoms with van der Waals surface area (Å²) in [6.07, 6.45) is 2.16. The number of carbonyl (C=O) groups is 1. The van der Waals surface area contributed by atoms with Crippen molar-refractivity contribution < 1.29 is 9.53 Å². The Morgan fingerprint density at radius 3 is 2.35 bits per heavy atom. The lowest BCUT2D eigenvalue weighted by molar-refractivity contribution is -0.160. The Balaban J connectivity index is 2.16. The minimum Gasteiger partial charge on any atom is -0.460 e. The minimum atomic E-state index is -0.376. The molecule has 3 aliphatic rings. The van der Waals surface area contributed by atoms with Crippen LogP contribution in [0.5, 0.6) is 0 Å². The van der Waals surface area contributed by atoms with Crippen LogP contribution >= 0.6 is 0 Å². The number of hydrogen-bond donors (Lipinski definition) is 0. The summed E-state index contributed by atoms with van der Waals surface area (Å²) in [5.74, 6) is 0.641. The molecule has 0 spiro atoms. The van der Waals surface area contributed by atoms with Crippen LogP contribution in [0, 0.1) is 17.3 Å². The van der Waals surface area contributed by atoms with Gasteiger partial charge in [-0.1, -0.05) is 25.0 Å². The molecule has 2 unspecified atom stereocenters. The zero-order valence-electron chi connectivity index (χ0n) is 11.9. The third-order valence-corrected chi connectivity index (χ3v) is 4.46. The van der Waals surface area contributed by atoms with Crippen LogP contribution in [0.4, 0.5) is 0 Å². The van der Waals surface area contributed by atoms with E-state index in [2.05, 4.69) is 20.8 Å². The third kappa shape index (κ3) is 2.02. The Labute approximate surface area is 104 Å². The second-order valence-corrected chi connectivity index (χ2v) is 7.11. The van der Waals surface area contributed by atoms with Gasteiger partial charge < -0.3 is 4.74 Å². The molecule has 96 valence electrons. The van der Waals surface area contributed by atoms with Crippen molar-refractivity contribution in [2.75, 3.05) is 0 Å². The molecule has 2 nitrogen and oxygen atoms in total. The summed E-state index contributed by atoms with van der Waals surface area (Å²) in [6.45, 7) is 12.5. The van der Waals surface area contributed by atoms with Gasteiger partial charge in [-0.3, -0.25) is 4.79 Å². The van der Waals surface area contributed by atoms with Gasteiger partial charge in [-0.25, -0.2) is 0 Å². The first-order chi connectivity index (χ1) is 7.63. The molecule has 0 aromatic heterocycles. The van der Waals surface area contributed by atoms with Crippen molar-refractivity contribution in [2.45, 2.75) is 60.0 Å². The number of carbonyl (C=O) groups excluding carboxylic acids is 1. The molecule has 0 heterocycles. The first-order valence-electron chi connectivity index (χ1n) is 6.56. The molecule has 3 rings (SSSR count). The van der Waals surface area contributed by atoms with Crippen LogP contribution in [0.2, 0.25) is 0 Å². The smallest absolute Gasteiger partial charge is 0.313 e. The van der Waals surface area contributed by atoms with Crippen LogP contribution in [-0.2, 0) is 9.53 Å². The van der Waals surface area contributed by atoms with Gasteiger partial charge in [0.25, 0.3) is 0 Å². The van der Waals surface area contributed by atoms with Gasteiger partial charge in [0.1, 0.15) is 5.60 Å². The van der Waals surface area contributed by atoms with Crippen LogP contribution in [0.25, 0.3) is 0 Å². The number of fused-ring (bicyclic) bond motifs is 2. The van der Waals surface area contributed by atoms with Crippen LogP contribution in [0.1, 0.15) is 54.4 Å². The highest BCUT2D eigenvalue weighted by atomic mass is 16.6. The Bertz CT molecular complexity index is 382. The normalized spacial score (nSPS) is 30.9. The second kappa shape index (κ2) is 3.60. The zero-order valence-corrected chi connectivity index (χ0v) is 11.9. The molecule has 3 aliphatic carbocycles. The van der Waals surface area contributed by atoms with Crippen molar-refractivity contribution >= 4 is 5.97 Å². The van der Waals surface area contributed by atoms with E-state index >= 15 is 0 Å². The Morgan fingerprint density at radius 2 is 1.94 bits per heavy atom. The average Bonchev–Trinajstić information content (AvgIpc) is 2.13. The molecule has 1 fully saturated rings. The number of hydrogen-bond acceptors (Lipinski definition) is 2. The fraction of sp³-hybridized carbons (Fsp3) is 0.800. The number of rotatable bonds is 1. The fourth-order valence-electron chi connectivity index (χ4n) is 3.24. The molecule has 0 aromatic rings. The van der Waals surface area contributed by atoms with Gasteiger partial charge in [-0.05, 0) is 51.9 Å². The molecule has 2 bridgehead atoms. The van der Waals surface area contributed by atoms with Crippen molar-refractivity contribution in [1.82, 2.24) is 0 Å². The summed E-state index contributed by atoms with van der Waals surface area (Å²) in [5.41, 5.74) is 2.71. The van der Waals surface area contributed by atoms with Gasteiger partial charge in [0.15, 0.2) is 0 Å². The molecule has 0 radical (unpaired) electrons. The summed E-state index contributed by atoms with van der Waals surface area (Å²) in [5, 5.41) is 0. The quantitative estimate of drug-likeness (QED) is 0.512. The highest BCUT2D eigenvalue weighted by Gasteiger charge is 2.51. The van der Waals surface area contributed by atoms with Gasteiger partial charge in [0.2, 0.25) is 0 Å². The second-order valence-electron chi connectivity index (χ2n) is 7.11. The van der Waals surface area contributed by atoms with E-state index in [1.807, 2.05) is 20.8 Å². The van der Waals surface area contributed by atoms with E-state index in [-0.39, 0.29) is 17.5 Å². The van der Waals surface area contributed by atoms with Crippen LogP contribution in [0.3, 0.4) is 0 Å². The first-order valence-corrected chi connectivity index (χ1v) is 6.56. The molecule has 1 saturated carbocycles. The summed E-state index contributed by atoms with van der Waals surface area (Å²) in [4.78, 5) is 12.1. The lowest BCUT2D eigenvalue weighted by atomic mass is 9.50. The van der Waals surface area contributed by atoms with Gasteiger partial charge in [-0.15, -0.1) is 0 Å². The predicted octanol–water partition coefficient (Wildman–Crippen LogP) is 3.71. The van der Waals surface area contributed by atoms with E-state index in [9.17, 15) is 4.79 Å². The molecule has 2 heteroatoms. The van der Waals surface area contributed by atoms with Crippen molar-refractivity contribution in [1.29, 1.82) is 0 Å². The van der Waals surface area contributed by atoms with Gasteiger partial charge in [0, 0.05) is 0 Å². The number of esters is 1. The van der Waals surface area contributed by atoms with E-state index in [0.29, 0.717) is 11.3 Å². The highest BCUT2D eigenvalue weighted by molar-refractivity contribution is 5.77. The fourth-order valence-corrected chi connectivity index (χ4v) is 3.24. The van der Waals surface area contributed by atoms with Crippen molar-refractivity contribution in [2.24, 2.45) is 17.3 Å². The molecular weight excluding hydrogens is 212 g/mol. The molecule has 0 saturated heterocycles. The zero-order chi connectivity index (χ0) is 13.0. The topological polar surface area (TPSA) is 26.3 Å². The number of allylic oxidation sites excluding steroid dienone is 1. The van der Waals surface area contributed by atoms with Crippen molar-refractivity contribution in [3.05, 3.63) is 11.1 Å². The van der Waals surface area contributed by atoms with E-state index < -0.39 is 0 Å². The molecule has 17 heavy (non-hydrogen) atoms. The summed E-state index contributed by atoms with van der Waals surface area (Å²) >= 11 is 0. The van der Waals surface area contributed by atoms with Crippen LogP contribution in [-0.4, -0.2) is 11.6 Å². The molecule has 0 N–H and O–H groups in total. The van der Waals surface area contributed by atoms with Crippen LogP contribution < -0.4 is 0 Å².